The number of para-hydroxylation sites is 2. The molecule has 14 rings (SSSR count). The second-order valence-electron chi connectivity index (χ2n) is 18.2. The van der Waals surface area contributed by atoms with Crippen LogP contribution in [0.3, 0.4) is 0 Å². The van der Waals surface area contributed by atoms with Crippen molar-refractivity contribution in [2.45, 2.75) is 37.5 Å². The van der Waals surface area contributed by atoms with E-state index >= 15 is 0 Å². The second kappa shape index (κ2) is 13.2. The number of anilines is 3. The average Bonchev–Trinajstić information content (AvgIpc) is 3.80. The Bertz CT molecular complexity index is 3000. The van der Waals surface area contributed by atoms with E-state index in [1.165, 1.54) is 87.3 Å². The van der Waals surface area contributed by atoms with Gasteiger partial charge in [-0.3, -0.25) is 0 Å². The highest BCUT2D eigenvalue weighted by molar-refractivity contribution is 6.09. The van der Waals surface area contributed by atoms with Gasteiger partial charge in [0.05, 0.1) is 11.0 Å². The number of benzene rings is 8. The van der Waals surface area contributed by atoms with Crippen molar-refractivity contribution in [1.82, 2.24) is 4.57 Å². The maximum atomic E-state index is 2.54. The minimum atomic E-state index is 0.204. The van der Waals surface area contributed by atoms with Crippen molar-refractivity contribution < 1.29 is 0 Å². The van der Waals surface area contributed by atoms with Gasteiger partial charge in [-0.05, 0) is 167 Å². The van der Waals surface area contributed by atoms with E-state index in [9.17, 15) is 0 Å². The fourth-order valence-corrected chi connectivity index (χ4v) is 13.0. The van der Waals surface area contributed by atoms with Gasteiger partial charge >= 0.3 is 0 Å². The van der Waals surface area contributed by atoms with Gasteiger partial charge in [0.15, 0.2) is 0 Å². The van der Waals surface area contributed by atoms with Gasteiger partial charge in [0.2, 0.25) is 0 Å². The Labute approximate surface area is 352 Å². The molecule has 1 heterocycles. The molecule has 0 atom stereocenters. The third kappa shape index (κ3) is 5.00. The van der Waals surface area contributed by atoms with E-state index in [1.54, 1.807) is 11.1 Å². The molecule has 5 aliphatic rings. The van der Waals surface area contributed by atoms with Gasteiger partial charge in [0.1, 0.15) is 0 Å². The number of aromatic nitrogens is 1. The maximum Gasteiger partial charge on any atom is 0.0541 e. The zero-order valence-electron chi connectivity index (χ0n) is 33.7. The van der Waals surface area contributed by atoms with Gasteiger partial charge in [-0.15, -0.1) is 0 Å². The van der Waals surface area contributed by atoms with Gasteiger partial charge in [-0.1, -0.05) is 127 Å². The summed E-state index contributed by atoms with van der Waals surface area (Å²) in [6.45, 7) is 0. The van der Waals surface area contributed by atoms with E-state index in [4.69, 9.17) is 0 Å². The van der Waals surface area contributed by atoms with Crippen LogP contribution >= 0.6 is 0 Å². The largest absolute Gasteiger partial charge is 0.311 e. The fourth-order valence-electron chi connectivity index (χ4n) is 13.0. The quantitative estimate of drug-likeness (QED) is 0.163. The minimum absolute atomic E-state index is 0.204. The summed E-state index contributed by atoms with van der Waals surface area (Å²) in [5, 5.41) is 2.55. The molecule has 0 amide bonds. The zero-order valence-corrected chi connectivity index (χ0v) is 33.7. The number of rotatable bonds is 6. The third-order valence-electron chi connectivity index (χ3n) is 15.2. The fraction of sp³-hybridized carbons (Fsp3) is 0.172. The highest BCUT2D eigenvalue weighted by Gasteiger charge is 2.61. The normalized spacial score (nSPS) is 22.1. The first-order valence-corrected chi connectivity index (χ1v) is 22.1. The molecule has 1 aromatic heterocycles. The molecule has 4 fully saturated rings. The van der Waals surface area contributed by atoms with Crippen molar-refractivity contribution in [3.05, 3.63) is 205 Å². The van der Waals surface area contributed by atoms with Gasteiger partial charge in [-0.25, -0.2) is 0 Å². The summed E-state index contributed by atoms with van der Waals surface area (Å²) in [5.41, 5.74) is 18.4. The van der Waals surface area contributed by atoms with Crippen molar-refractivity contribution in [2.24, 2.45) is 23.7 Å². The number of hydrogen-bond acceptors (Lipinski definition) is 1. The molecule has 2 nitrogen and oxygen atoms in total. The molecule has 2 heteroatoms. The van der Waals surface area contributed by atoms with Gasteiger partial charge in [-0.2, -0.15) is 0 Å². The number of nitrogens with zero attached hydrogens (tertiary/aromatic N) is 2. The topological polar surface area (TPSA) is 8.17 Å². The highest BCUT2D eigenvalue weighted by Crippen LogP contribution is 2.69. The summed E-state index contributed by atoms with van der Waals surface area (Å²) in [6, 6.07) is 72.4. The van der Waals surface area contributed by atoms with Crippen LogP contribution < -0.4 is 4.90 Å². The van der Waals surface area contributed by atoms with Crippen LogP contribution in [0.15, 0.2) is 194 Å². The van der Waals surface area contributed by atoms with Crippen molar-refractivity contribution in [2.75, 3.05) is 4.90 Å². The van der Waals surface area contributed by atoms with Crippen molar-refractivity contribution in [3.63, 3.8) is 0 Å². The van der Waals surface area contributed by atoms with Crippen LogP contribution in [0.4, 0.5) is 17.1 Å². The van der Waals surface area contributed by atoms with Crippen LogP contribution in [-0.4, -0.2) is 4.57 Å². The molecule has 8 aromatic carbocycles. The lowest BCUT2D eigenvalue weighted by molar-refractivity contribution is -0.0399. The average molecular weight is 771 g/mol. The van der Waals surface area contributed by atoms with Gasteiger partial charge < -0.3 is 9.47 Å². The summed E-state index contributed by atoms with van der Waals surface area (Å²) >= 11 is 0. The Morgan fingerprint density at radius 1 is 0.383 bits per heavy atom. The Balaban J connectivity index is 0.885. The van der Waals surface area contributed by atoms with E-state index in [0.717, 1.165) is 46.4 Å². The van der Waals surface area contributed by atoms with Crippen LogP contribution in [0, 0.1) is 23.7 Å². The van der Waals surface area contributed by atoms with E-state index in [2.05, 4.69) is 204 Å². The van der Waals surface area contributed by atoms with Crippen molar-refractivity contribution in [3.8, 4) is 39.1 Å². The van der Waals surface area contributed by atoms with E-state index in [-0.39, 0.29) is 5.41 Å². The summed E-state index contributed by atoms with van der Waals surface area (Å²) in [5.74, 6) is 3.47. The molecule has 0 radical (unpaired) electrons. The molecule has 288 valence electrons. The summed E-state index contributed by atoms with van der Waals surface area (Å²) in [4.78, 5) is 2.39. The smallest absolute Gasteiger partial charge is 0.0541 e. The second-order valence-corrected chi connectivity index (χ2v) is 18.2. The van der Waals surface area contributed by atoms with Crippen LogP contribution in [0.5, 0.6) is 0 Å². The van der Waals surface area contributed by atoms with Crippen LogP contribution in [0.2, 0.25) is 0 Å². The molecule has 1 spiro atoms. The van der Waals surface area contributed by atoms with Crippen LogP contribution in [-0.2, 0) is 5.41 Å². The third-order valence-corrected chi connectivity index (χ3v) is 15.2. The molecule has 4 saturated carbocycles. The first-order chi connectivity index (χ1) is 29.7. The Kier molecular flexibility index (Phi) is 7.52. The summed E-state index contributed by atoms with van der Waals surface area (Å²) < 4.78 is 2.39. The monoisotopic (exact) mass is 770 g/mol. The Morgan fingerprint density at radius 3 is 1.47 bits per heavy atom. The predicted molar refractivity (Wildman–Crippen MR) is 250 cm³/mol. The molecule has 0 saturated heterocycles. The van der Waals surface area contributed by atoms with Crippen LogP contribution in [0.25, 0.3) is 60.9 Å². The van der Waals surface area contributed by atoms with E-state index in [1.807, 2.05) is 0 Å². The van der Waals surface area contributed by atoms with Crippen LogP contribution in [0.1, 0.15) is 43.2 Å². The molecular weight excluding hydrogens is 725 g/mol. The van der Waals surface area contributed by atoms with E-state index < -0.39 is 0 Å². The minimum Gasteiger partial charge on any atom is -0.311 e. The molecule has 5 aliphatic carbocycles. The maximum absolute atomic E-state index is 2.54. The number of hydrogen-bond donors (Lipinski definition) is 0. The summed E-state index contributed by atoms with van der Waals surface area (Å²) in [6.07, 6.45) is 7.14. The molecule has 60 heavy (non-hydrogen) atoms. The first kappa shape index (κ1) is 34.2. The van der Waals surface area contributed by atoms with Gasteiger partial charge in [0.25, 0.3) is 0 Å². The Hall–Kier alpha value is -6.64. The molecule has 0 N–H and O–H groups in total. The summed E-state index contributed by atoms with van der Waals surface area (Å²) in [7, 11) is 0. The molecule has 9 aromatic rings. The number of fused-ring (bicyclic) bond motifs is 6. The van der Waals surface area contributed by atoms with Crippen molar-refractivity contribution in [1.29, 1.82) is 0 Å². The highest BCUT2D eigenvalue weighted by atomic mass is 15.1. The molecule has 4 bridgehead atoms. The molecular formula is C58H46N2. The SMILES string of the molecule is c1ccc(-c2ccc(N(c3ccc(-c4ccc5c(c4)-c4ccccc4C54C5CC6CC(C5)CC4C6)cc3)c3ccc(-n4c5ccccc5c5ccccc54)cc3)cc2)cc1. The molecule has 0 aliphatic heterocycles. The van der Waals surface area contributed by atoms with Gasteiger partial charge in [0, 0.05) is 38.9 Å². The lowest BCUT2D eigenvalue weighted by Gasteiger charge is -2.61. The lowest BCUT2D eigenvalue weighted by atomic mass is 9.43. The van der Waals surface area contributed by atoms with E-state index in [0.29, 0.717) is 0 Å². The predicted octanol–water partition coefficient (Wildman–Crippen LogP) is 15.3. The Morgan fingerprint density at radius 2 is 0.850 bits per heavy atom. The standard InChI is InChI=1S/C58H46N2/c1-2-10-40(11-3-1)41-18-23-46(24-19-41)59(48-27-29-49(30-28-48)60-56-16-8-5-13-51(56)52-14-6-9-17-57(52)60)47-25-20-42(21-26-47)43-22-31-55-53(37-43)50-12-4-7-15-54(50)58(55)44-33-38-32-39(35-44)36-45(58)34-38/h1-31,37-39,44-45H,32-36H2. The first-order valence-electron chi connectivity index (χ1n) is 22.1. The van der Waals surface area contributed by atoms with Crippen molar-refractivity contribution >= 4 is 38.9 Å². The molecule has 0 unspecified atom stereocenters. The lowest BCUT2D eigenvalue weighted by Crippen LogP contribution is -2.55. The zero-order chi connectivity index (χ0) is 39.4.